The van der Waals surface area contributed by atoms with Gasteiger partial charge in [-0.05, 0) is 49.8 Å². The molecule has 1 fully saturated rings. The maximum absolute atomic E-state index is 13.9. The van der Waals surface area contributed by atoms with Crippen LogP contribution in [0.15, 0.2) is 27.6 Å². The number of nitrogens with one attached hydrogen (secondary N) is 1. The smallest absolute Gasteiger partial charge is 0.207 e. The Labute approximate surface area is 138 Å². The third kappa shape index (κ3) is 3.97. The summed E-state index contributed by atoms with van der Waals surface area (Å²) >= 11 is 9.13. The number of rotatable bonds is 4. The first kappa shape index (κ1) is 17.2. The molecule has 118 valence electrons. The molecule has 0 aliphatic heterocycles. The van der Waals surface area contributed by atoms with Crippen LogP contribution in [0.3, 0.4) is 0 Å². The second-order valence-corrected chi connectivity index (χ2v) is 8.61. The molecule has 0 bridgehead atoms. The lowest BCUT2D eigenvalue weighted by atomic mass is 9.79. The Hall–Kier alpha value is -0.170. The van der Waals surface area contributed by atoms with Gasteiger partial charge in [0.1, 0.15) is 10.7 Å². The van der Waals surface area contributed by atoms with Gasteiger partial charge in [0.25, 0.3) is 0 Å². The molecule has 21 heavy (non-hydrogen) atoms. The molecule has 0 atom stereocenters. The molecule has 1 saturated carbocycles. The van der Waals surface area contributed by atoms with Gasteiger partial charge in [-0.1, -0.05) is 22.9 Å². The van der Waals surface area contributed by atoms with Gasteiger partial charge in [-0.25, -0.2) is 17.5 Å². The van der Waals surface area contributed by atoms with E-state index >= 15 is 0 Å². The summed E-state index contributed by atoms with van der Waals surface area (Å²) in [5.74, 6) is -0.0158. The van der Waals surface area contributed by atoms with Gasteiger partial charge in [0.2, 0.25) is 10.0 Å². The molecule has 0 unspecified atom stereocenters. The highest BCUT2D eigenvalue weighted by atomic mass is 79.9. The molecule has 1 aromatic carbocycles. The molecule has 0 radical (unpaired) electrons. The van der Waals surface area contributed by atoms with E-state index in [1.807, 2.05) is 0 Å². The van der Waals surface area contributed by atoms with Crippen LogP contribution in [0, 0.1) is 11.7 Å². The highest BCUT2D eigenvalue weighted by Crippen LogP contribution is 2.34. The summed E-state index contributed by atoms with van der Waals surface area (Å²) in [6.45, 7) is 2.14. The molecule has 0 saturated heterocycles. The Kier molecular flexibility index (Phi) is 5.34. The van der Waals surface area contributed by atoms with Crippen molar-refractivity contribution >= 4 is 37.6 Å². The third-order valence-electron chi connectivity index (χ3n) is 4.02. The van der Waals surface area contributed by atoms with E-state index in [0.29, 0.717) is 23.2 Å². The minimum Gasteiger partial charge on any atom is -0.207 e. The van der Waals surface area contributed by atoms with Crippen molar-refractivity contribution in [3.8, 4) is 0 Å². The molecule has 7 heteroatoms. The van der Waals surface area contributed by atoms with Crippen molar-refractivity contribution in [1.82, 2.24) is 4.72 Å². The largest absolute Gasteiger partial charge is 0.244 e. The van der Waals surface area contributed by atoms with Crippen molar-refractivity contribution in [3.05, 3.63) is 28.5 Å². The predicted octanol–water partition coefficient (Wildman–Crippen LogP) is 4.05. The average Bonchev–Trinajstić information content (AvgIpc) is 2.41. The Bertz CT molecular complexity index is 615. The second kappa shape index (κ2) is 6.52. The lowest BCUT2D eigenvalue weighted by molar-refractivity contribution is 0.247. The maximum Gasteiger partial charge on any atom is 0.244 e. The van der Waals surface area contributed by atoms with Crippen LogP contribution in [0.2, 0.25) is 0 Å². The minimum atomic E-state index is -3.93. The van der Waals surface area contributed by atoms with Gasteiger partial charge in [0, 0.05) is 15.9 Å². The molecule has 1 aromatic rings. The molecule has 1 aliphatic rings. The summed E-state index contributed by atoms with van der Waals surface area (Å²) < 4.78 is 42.0. The number of hydrogen-bond donors (Lipinski definition) is 1. The van der Waals surface area contributed by atoms with Crippen molar-refractivity contribution < 1.29 is 12.8 Å². The lowest BCUT2D eigenvalue weighted by Gasteiger charge is -2.38. The first-order valence-corrected chi connectivity index (χ1v) is 9.64. The Balaban J connectivity index is 2.27. The van der Waals surface area contributed by atoms with Crippen LogP contribution in [0.1, 0.15) is 32.6 Å². The average molecular weight is 399 g/mol. The van der Waals surface area contributed by atoms with E-state index in [9.17, 15) is 12.8 Å². The van der Waals surface area contributed by atoms with E-state index < -0.39 is 21.4 Å². The zero-order chi connectivity index (χ0) is 15.7. The molecule has 2 rings (SSSR count). The van der Waals surface area contributed by atoms with E-state index in [1.54, 1.807) is 0 Å². The molecule has 1 aliphatic carbocycles. The Morgan fingerprint density at radius 1 is 1.43 bits per heavy atom. The van der Waals surface area contributed by atoms with Gasteiger partial charge >= 0.3 is 0 Å². The lowest BCUT2D eigenvalue weighted by Crippen LogP contribution is -2.52. The van der Waals surface area contributed by atoms with Crippen molar-refractivity contribution in [2.24, 2.45) is 5.92 Å². The summed E-state index contributed by atoms with van der Waals surface area (Å²) in [7, 11) is -3.93. The van der Waals surface area contributed by atoms with Gasteiger partial charge in [0.05, 0.1) is 0 Å². The number of halogens is 3. The van der Waals surface area contributed by atoms with Crippen molar-refractivity contribution in [3.63, 3.8) is 0 Å². The van der Waals surface area contributed by atoms with Crippen molar-refractivity contribution in [2.45, 2.75) is 43.0 Å². The van der Waals surface area contributed by atoms with Crippen molar-refractivity contribution in [2.75, 3.05) is 5.88 Å². The summed E-state index contributed by atoms with van der Waals surface area (Å²) in [5.41, 5.74) is -0.674. The van der Waals surface area contributed by atoms with E-state index in [2.05, 4.69) is 27.6 Å². The Morgan fingerprint density at radius 2 is 2.05 bits per heavy atom. The van der Waals surface area contributed by atoms with Gasteiger partial charge in [-0.3, -0.25) is 0 Å². The van der Waals surface area contributed by atoms with Crippen LogP contribution in [0.5, 0.6) is 0 Å². The van der Waals surface area contributed by atoms with Crippen LogP contribution in [-0.2, 0) is 10.0 Å². The maximum atomic E-state index is 13.9. The van der Waals surface area contributed by atoms with Crippen LogP contribution in [-0.4, -0.2) is 19.8 Å². The van der Waals surface area contributed by atoms with Crippen LogP contribution in [0.25, 0.3) is 0 Å². The molecular formula is C14H18BrClFNO2S. The molecule has 3 nitrogen and oxygen atoms in total. The molecule has 0 heterocycles. The number of alkyl halides is 1. The normalized spacial score (nSPS) is 26.8. The highest BCUT2D eigenvalue weighted by molar-refractivity contribution is 9.10. The zero-order valence-corrected chi connectivity index (χ0v) is 14.9. The summed E-state index contributed by atoms with van der Waals surface area (Å²) in [6.07, 6.45) is 3.18. The van der Waals surface area contributed by atoms with Gasteiger partial charge in [0.15, 0.2) is 0 Å². The molecule has 0 aromatic heterocycles. The summed E-state index contributed by atoms with van der Waals surface area (Å²) in [6, 6.07) is 3.91. The zero-order valence-electron chi connectivity index (χ0n) is 11.7. The fourth-order valence-electron chi connectivity index (χ4n) is 2.61. The van der Waals surface area contributed by atoms with Gasteiger partial charge in [-0.15, -0.1) is 11.6 Å². The first-order chi connectivity index (χ1) is 9.78. The second-order valence-electron chi connectivity index (χ2n) is 5.78. The number of benzene rings is 1. The fourth-order valence-corrected chi connectivity index (χ4v) is 4.88. The molecule has 0 spiro atoms. The standard InChI is InChI=1S/C14H18BrClFNO2S/c1-10-4-6-14(9-16,7-5-10)18-21(19,20)13-3-2-11(15)8-12(13)17/h2-3,8,10,18H,4-7,9H2,1H3. The number of hydrogen-bond acceptors (Lipinski definition) is 2. The van der Waals surface area contributed by atoms with Crippen LogP contribution < -0.4 is 4.72 Å². The van der Waals surface area contributed by atoms with E-state index in [1.165, 1.54) is 12.1 Å². The molecule has 1 N–H and O–H groups in total. The Morgan fingerprint density at radius 3 is 2.57 bits per heavy atom. The van der Waals surface area contributed by atoms with E-state index in [0.717, 1.165) is 18.9 Å². The molecule has 0 amide bonds. The topological polar surface area (TPSA) is 46.2 Å². The van der Waals surface area contributed by atoms with Crippen molar-refractivity contribution in [1.29, 1.82) is 0 Å². The third-order valence-corrected chi connectivity index (χ3v) is 6.64. The first-order valence-electron chi connectivity index (χ1n) is 6.83. The molecular weight excluding hydrogens is 381 g/mol. The fraction of sp³-hybridized carbons (Fsp3) is 0.571. The van der Waals surface area contributed by atoms with Gasteiger partial charge in [-0.2, -0.15) is 0 Å². The minimum absolute atomic E-state index is 0.192. The van der Waals surface area contributed by atoms with Gasteiger partial charge < -0.3 is 0 Å². The number of sulfonamides is 1. The highest BCUT2D eigenvalue weighted by Gasteiger charge is 2.38. The summed E-state index contributed by atoms with van der Waals surface area (Å²) in [4.78, 5) is -0.339. The van der Waals surface area contributed by atoms with E-state index in [-0.39, 0.29) is 10.8 Å². The quantitative estimate of drug-likeness (QED) is 0.778. The SMILES string of the molecule is CC1CCC(CCl)(NS(=O)(=O)c2ccc(Br)cc2F)CC1. The summed E-state index contributed by atoms with van der Waals surface area (Å²) in [5, 5.41) is 0. The van der Waals surface area contributed by atoms with E-state index in [4.69, 9.17) is 11.6 Å². The monoisotopic (exact) mass is 397 g/mol. The van der Waals surface area contributed by atoms with Crippen LogP contribution in [0.4, 0.5) is 4.39 Å². The predicted molar refractivity (Wildman–Crippen MR) is 85.5 cm³/mol. The van der Waals surface area contributed by atoms with Crippen LogP contribution >= 0.6 is 27.5 Å².